The van der Waals surface area contributed by atoms with E-state index in [-0.39, 0.29) is 35.2 Å². The molecule has 2 aromatic carbocycles. The number of thiophene rings is 1. The maximum atomic E-state index is 13.0. The van der Waals surface area contributed by atoms with Crippen molar-refractivity contribution in [1.82, 2.24) is 9.97 Å². The van der Waals surface area contributed by atoms with Gasteiger partial charge in [0.1, 0.15) is 23.0 Å². The van der Waals surface area contributed by atoms with Crippen LogP contribution in [0.4, 0.5) is 5.69 Å². The molecular formula is C24H21ClN4O4S. The third kappa shape index (κ3) is 4.66. The number of nitrogens with zero attached hydrogens (tertiary/aromatic N) is 1. The maximum Gasteiger partial charge on any atom is 0.266 e. The second-order valence-corrected chi connectivity index (χ2v) is 9.25. The topological polar surface area (TPSA) is 127 Å². The third-order valence-electron chi connectivity index (χ3n) is 5.26. The number of carbonyl (C=O) groups excluding carboxylic acids is 2. The second kappa shape index (κ2) is 9.28. The lowest BCUT2D eigenvalue weighted by molar-refractivity contribution is 0.0993. The molecule has 174 valence electrons. The summed E-state index contributed by atoms with van der Waals surface area (Å²) in [5, 5.41) is 3.60. The highest BCUT2D eigenvalue weighted by atomic mass is 35.5. The van der Waals surface area contributed by atoms with Crippen molar-refractivity contribution < 1.29 is 14.3 Å². The average Bonchev–Trinajstić information content (AvgIpc) is 3.11. The fourth-order valence-electron chi connectivity index (χ4n) is 3.57. The van der Waals surface area contributed by atoms with Gasteiger partial charge in [-0.3, -0.25) is 14.4 Å². The van der Waals surface area contributed by atoms with Gasteiger partial charge in [0.15, 0.2) is 0 Å². The molecule has 4 rings (SSSR count). The average molecular weight is 497 g/mol. The molecule has 0 saturated heterocycles. The van der Waals surface area contributed by atoms with E-state index in [0.717, 1.165) is 22.5 Å². The van der Waals surface area contributed by atoms with Gasteiger partial charge < -0.3 is 20.8 Å². The van der Waals surface area contributed by atoms with E-state index >= 15 is 0 Å². The lowest BCUT2D eigenvalue weighted by Gasteiger charge is -2.09. The van der Waals surface area contributed by atoms with Gasteiger partial charge in [-0.15, -0.1) is 11.3 Å². The van der Waals surface area contributed by atoms with Gasteiger partial charge in [0.2, 0.25) is 0 Å². The lowest BCUT2D eigenvalue weighted by Crippen LogP contribution is -2.16. The summed E-state index contributed by atoms with van der Waals surface area (Å²) in [6.45, 7) is 5.50. The monoisotopic (exact) mass is 496 g/mol. The number of benzene rings is 2. The molecule has 0 unspecified atom stereocenters. The zero-order valence-electron chi connectivity index (χ0n) is 18.6. The standard InChI is InChI=1S/C24H21ClN4O4S/c1-11-4-6-16(12(2)8-11)27-23(32)20-13(3)19-22(31)28-18(29-24(19)34-20)10-33-17-7-5-14(25)9-15(17)21(26)30/h4-9H,10H2,1-3H3,(H2,26,30)(H,27,32)(H,28,29,31). The summed E-state index contributed by atoms with van der Waals surface area (Å²) in [4.78, 5) is 45.3. The quantitative estimate of drug-likeness (QED) is 0.362. The molecule has 0 spiro atoms. The van der Waals surface area contributed by atoms with E-state index in [4.69, 9.17) is 22.1 Å². The number of aromatic nitrogens is 2. The van der Waals surface area contributed by atoms with E-state index in [1.807, 2.05) is 32.0 Å². The molecule has 0 aliphatic carbocycles. The number of H-pyrrole nitrogens is 1. The Kier molecular flexibility index (Phi) is 6.41. The Labute approximate surface area is 203 Å². The molecule has 0 aliphatic heterocycles. The van der Waals surface area contributed by atoms with Crippen molar-refractivity contribution in [3.8, 4) is 5.75 Å². The Morgan fingerprint density at radius 3 is 2.65 bits per heavy atom. The molecule has 0 atom stereocenters. The molecule has 0 saturated carbocycles. The van der Waals surface area contributed by atoms with Crippen molar-refractivity contribution in [2.75, 3.05) is 5.32 Å². The van der Waals surface area contributed by atoms with E-state index in [9.17, 15) is 14.4 Å². The van der Waals surface area contributed by atoms with E-state index < -0.39 is 5.91 Å². The maximum absolute atomic E-state index is 13.0. The molecule has 8 nitrogen and oxygen atoms in total. The summed E-state index contributed by atoms with van der Waals surface area (Å²) in [6, 6.07) is 10.2. The molecule has 0 aliphatic rings. The molecule has 34 heavy (non-hydrogen) atoms. The number of aromatic amines is 1. The van der Waals surface area contributed by atoms with Gasteiger partial charge in [0, 0.05) is 10.7 Å². The number of hydrogen-bond acceptors (Lipinski definition) is 6. The highest BCUT2D eigenvalue weighted by molar-refractivity contribution is 7.20. The van der Waals surface area contributed by atoms with Crippen LogP contribution in [0, 0.1) is 20.8 Å². The van der Waals surface area contributed by atoms with Crippen LogP contribution in [0.25, 0.3) is 10.2 Å². The van der Waals surface area contributed by atoms with E-state index in [1.54, 1.807) is 13.0 Å². The molecule has 4 aromatic rings. The molecule has 4 N–H and O–H groups in total. The van der Waals surface area contributed by atoms with Gasteiger partial charge in [-0.05, 0) is 56.2 Å². The summed E-state index contributed by atoms with van der Waals surface area (Å²) >= 11 is 7.05. The van der Waals surface area contributed by atoms with Crippen molar-refractivity contribution in [2.45, 2.75) is 27.4 Å². The van der Waals surface area contributed by atoms with Gasteiger partial charge in [0.25, 0.3) is 17.4 Å². The van der Waals surface area contributed by atoms with E-state index in [0.29, 0.717) is 31.4 Å². The van der Waals surface area contributed by atoms with Gasteiger partial charge in [-0.25, -0.2) is 4.98 Å². The van der Waals surface area contributed by atoms with Crippen molar-refractivity contribution in [3.63, 3.8) is 0 Å². The zero-order valence-corrected chi connectivity index (χ0v) is 20.2. The highest BCUT2D eigenvalue weighted by Gasteiger charge is 2.20. The fourth-order valence-corrected chi connectivity index (χ4v) is 4.84. The van der Waals surface area contributed by atoms with E-state index in [1.165, 1.54) is 12.1 Å². The second-order valence-electron chi connectivity index (χ2n) is 7.81. The van der Waals surface area contributed by atoms with Crippen LogP contribution in [-0.2, 0) is 6.61 Å². The van der Waals surface area contributed by atoms with Gasteiger partial charge in [-0.1, -0.05) is 29.3 Å². The Hall–Kier alpha value is -3.69. The third-order valence-corrected chi connectivity index (χ3v) is 6.68. The van der Waals surface area contributed by atoms with Crippen molar-refractivity contribution in [1.29, 1.82) is 0 Å². The normalized spacial score (nSPS) is 10.9. The molecule has 10 heteroatoms. The molecule has 2 aromatic heterocycles. The Bertz CT molecular complexity index is 1510. The minimum absolute atomic E-state index is 0.117. The first kappa shape index (κ1) is 23.5. The van der Waals surface area contributed by atoms with Crippen LogP contribution in [0.2, 0.25) is 5.02 Å². The van der Waals surface area contributed by atoms with Crippen LogP contribution in [0.5, 0.6) is 5.75 Å². The van der Waals surface area contributed by atoms with Crippen LogP contribution in [0.1, 0.15) is 42.5 Å². The number of nitrogens with one attached hydrogen (secondary N) is 2. The number of rotatable bonds is 6. The smallest absolute Gasteiger partial charge is 0.266 e. The first-order valence-electron chi connectivity index (χ1n) is 10.3. The van der Waals surface area contributed by atoms with E-state index in [2.05, 4.69) is 15.3 Å². The molecule has 2 amide bonds. The predicted molar refractivity (Wildman–Crippen MR) is 133 cm³/mol. The van der Waals surface area contributed by atoms with Crippen molar-refractivity contribution >= 4 is 50.7 Å². The zero-order chi connectivity index (χ0) is 24.6. The first-order valence-corrected chi connectivity index (χ1v) is 11.5. The Morgan fingerprint density at radius 1 is 1.18 bits per heavy atom. The molecule has 0 radical (unpaired) electrons. The SMILES string of the molecule is Cc1ccc(NC(=O)c2sc3nc(COc4ccc(Cl)cc4C(N)=O)[nH]c(=O)c3c2C)c(C)c1. The molecule has 2 heterocycles. The first-order chi connectivity index (χ1) is 16.1. The predicted octanol–water partition coefficient (Wildman–Crippen LogP) is 4.49. The Balaban J connectivity index is 1.61. The summed E-state index contributed by atoms with van der Waals surface area (Å²) in [7, 11) is 0. The van der Waals surface area contributed by atoms with Crippen LogP contribution >= 0.6 is 22.9 Å². The van der Waals surface area contributed by atoms with Crippen molar-refractivity contribution in [3.05, 3.63) is 84.7 Å². The number of halogens is 1. The number of anilines is 1. The van der Waals surface area contributed by atoms with Crippen LogP contribution in [0.15, 0.2) is 41.2 Å². The number of nitrogens with two attached hydrogens (primary N) is 1. The number of aryl methyl sites for hydroxylation is 3. The Morgan fingerprint density at radius 2 is 1.94 bits per heavy atom. The molecular weight excluding hydrogens is 476 g/mol. The lowest BCUT2D eigenvalue weighted by atomic mass is 10.1. The number of carbonyl (C=O) groups is 2. The summed E-state index contributed by atoms with van der Waals surface area (Å²) in [6.07, 6.45) is 0. The van der Waals surface area contributed by atoms with Crippen LogP contribution in [-0.4, -0.2) is 21.8 Å². The molecule has 0 bridgehead atoms. The van der Waals surface area contributed by atoms with Gasteiger partial charge in [0.05, 0.1) is 15.8 Å². The largest absolute Gasteiger partial charge is 0.485 e. The number of ether oxygens (including phenoxy) is 1. The highest BCUT2D eigenvalue weighted by Crippen LogP contribution is 2.29. The van der Waals surface area contributed by atoms with Gasteiger partial charge >= 0.3 is 0 Å². The minimum Gasteiger partial charge on any atom is -0.485 e. The van der Waals surface area contributed by atoms with Crippen LogP contribution < -0.4 is 21.3 Å². The summed E-state index contributed by atoms with van der Waals surface area (Å²) < 4.78 is 5.66. The fraction of sp³-hybridized carbons (Fsp3) is 0.167. The minimum atomic E-state index is -0.692. The summed E-state index contributed by atoms with van der Waals surface area (Å²) in [5.41, 5.74) is 8.42. The van der Waals surface area contributed by atoms with Crippen LogP contribution in [0.3, 0.4) is 0 Å². The number of hydrogen-bond donors (Lipinski definition) is 3. The number of primary amides is 1. The number of amides is 2. The van der Waals surface area contributed by atoms with Gasteiger partial charge in [-0.2, -0.15) is 0 Å². The summed E-state index contributed by atoms with van der Waals surface area (Å²) in [5.74, 6) is -0.541. The molecule has 0 fully saturated rings. The van der Waals surface area contributed by atoms with Crippen molar-refractivity contribution in [2.24, 2.45) is 5.73 Å². The number of fused-ring (bicyclic) bond motifs is 1.